The molecule has 0 radical (unpaired) electrons. The lowest BCUT2D eigenvalue weighted by molar-refractivity contribution is -0.141. The zero-order valence-electron chi connectivity index (χ0n) is 11.5. The van der Waals surface area contributed by atoms with Crippen LogP contribution >= 0.6 is 0 Å². The molecular weight excluding hydrogens is 263 g/mol. The zero-order chi connectivity index (χ0) is 15.1. The first-order valence-electron chi connectivity index (χ1n) is 6.42. The van der Waals surface area contributed by atoms with Gasteiger partial charge in [-0.05, 0) is 31.0 Å². The molecule has 2 unspecified atom stereocenters. The number of benzene rings is 1. The van der Waals surface area contributed by atoms with Gasteiger partial charge in [0.05, 0.1) is 12.0 Å². The Morgan fingerprint density at radius 3 is 2.65 bits per heavy atom. The number of urea groups is 1. The van der Waals surface area contributed by atoms with Gasteiger partial charge in [0.2, 0.25) is 0 Å². The molecule has 3 N–H and O–H groups in total. The fourth-order valence-electron chi connectivity index (χ4n) is 1.63. The number of carbonyl (C=O) groups excluding carboxylic acids is 1. The second-order valence-electron chi connectivity index (χ2n) is 4.70. The molecule has 0 aliphatic heterocycles. The fraction of sp³-hybridized carbons (Fsp3) is 0.429. The highest BCUT2D eigenvalue weighted by Gasteiger charge is 2.12. The molecule has 0 saturated heterocycles. The van der Waals surface area contributed by atoms with Gasteiger partial charge in [0.25, 0.3) is 0 Å². The molecule has 2 amide bonds. The number of aliphatic carboxylic acids is 1. The predicted octanol–water partition coefficient (Wildman–Crippen LogP) is 2.30. The van der Waals surface area contributed by atoms with E-state index >= 15 is 0 Å². The maximum atomic E-state index is 13.0. The monoisotopic (exact) mass is 282 g/mol. The molecule has 20 heavy (non-hydrogen) atoms. The summed E-state index contributed by atoms with van der Waals surface area (Å²) in [5, 5.41) is 13.9. The number of hydrogen-bond donors (Lipinski definition) is 3. The van der Waals surface area contributed by atoms with Gasteiger partial charge in [0, 0.05) is 6.54 Å². The summed E-state index contributed by atoms with van der Waals surface area (Å²) in [6.45, 7) is 3.60. The van der Waals surface area contributed by atoms with Gasteiger partial charge in [-0.3, -0.25) is 4.79 Å². The van der Waals surface area contributed by atoms with Crippen LogP contribution in [0, 0.1) is 11.7 Å². The number of nitrogens with one attached hydrogen (secondary N) is 2. The third-order valence-electron chi connectivity index (χ3n) is 2.98. The summed E-state index contributed by atoms with van der Waals surface area (Å²) in [5.41, 5.74) is 0.666. The van der Waals surface area contributed by atoms with Gasteiger partial charge in [-0.15, -0.1) is 0 Å². The average Bonchev–Trinajstić information content (AvgIpc) is 2.38. The Balaban J connectivity index is 2.37. The minimum Gasteiger partial charge on any atom is -0.481 e. The van der Waals surface area contributed by atoms with E-state index < -0.39 is 17.9 Å². The van der Waals surface area contributed by atoms with E-state index in [0.29, 0.717) is 12.0 Å². The Morgan fingerprint density at radius 2 is 2.05 bits per heavy atom. The van der Waals surface area contributed by atoms with Gasteiger partial charge in [-0.2, -0.15) is 0 Å². The molecular formula is C14H19FN2O3. The third-order valence-corrected chi connectivity index (χ3v) is 2.98. The molecule has 0 spiro atoms. The second kappa shape index (κ2) is 7.47. The lowest BCUT2D eigenvalue weighted by atomic mass is 10.1. The predicted molar refractivity (Wildman–Crippen MR) is 72.8 cm³/mol. The van der Waals surface area contributed by atoms with E-state index in [0.717, 1.165) is 0 Å². The molecule has 2 atom stereocenters. The van der Waals surface area contributed by atoms with Crippen molar-refractivity contribution in [3.8, 4) is 0 Å². The highest BCUT2D eigenvalue weighted by atomic mass is 19.1. The summed E-state index contributed by atoms with van der Waals surface area (Å²) in [7, 11) is 0. The van der Waals surface area contributed by atoms with Gasteiger partial charge in [-0.25, -0.2) is 9.18 Å². The first-order valence-corrected chi connectivity index (χ1v) is 6.42. The second-order valence-corrected chi connectivity index (χ2v) is 4.70. The van der Waals surface area contributed by atoms with Crippen LogP contribution in [-0.2, 0) is 4.79 Å². The number of amides is 2. The fourth-order valence-corrected chi connectivity index (χ4v) is 1.63. The van der Waals surface area contributed by atoms with Crippen molar-refractivity contribution in [1.82, 2.24) is 10.6 Å². The highest BCUT2D eigenvalue weighted by Crippen LogP contribution is 2.13. The van der Waals surface area contributed by atoms with Crippen LogP contribution in [0.4, 0.5) is 9.18 Å². The summed E-state index contributed by atoms with van der Waals surface area (Å²) in [4.78, 5) is 22.2. The van der Waals surface area contributed by atoms with E-state index in [-0.39, 0.29) is 18.4 Å². The molecule has 0 heterocycles. The zero-order valence-corrected chi connectivity index (χ0v) is 11.5. The highest BCUT2D eigenvalue weighted by molar-refractivity contribution is 5.74. The normalized spacial score (nSPS) is 13.3. The van der Waals surface area contributed by atoms with E-state index in [1.54, 1.807) is 26.0 Å². The largest absolute Gasteiger partial charge is 0.481 e. The van der Waals surface area contributed by atoms with E-state index in [1.165, 1.54) is 12.1 Å². The Morgan fingerprint density at radius 1 is 1.35 bits per heavy atom. The summed E-state index contributed by atoms with van der Waals surface area (Å²) in [6.07, 6.45) is 0.358. The molecule has 0 aromatic heterocycles. The van der Waals surface area contributed by atoms with Crippen LogP contribution in [0.1, 0.15) is 31.9 Å². The van der Waals surface area contributed by atoms with Crippen molar-refractivity contribution < 1.29 is 19.1 Å². The smallest absolute Gasteiger partial charge is 0.315 e. The Bertz CT molecular complexity index is 479. The lowest BCUT2D eigenvalue weighted by Crippen LogP contribution is -2.38. The molecule has 1 aromatic rings. The number of halogens is 1. The van der Waals surface area contributed by atoms with Gasteiger partial charge < -0.3 is 15.7 Å². The average molecular weight is 282 g/mol. The summed E-state index contributed by atoms with van der Waals surface area (Å²) in [5.74, 6) is -1.75. The van der Waals surface area contributed by atoms with E-state index in [1.807, 2.05) is 0 Å². The van der Waals surface area contributed by atoms with Gasteiger partial charge in [0.15, 0.2) is 0 Å². The molecule has 0 saturated carbocycles. The van der Waals surface area contributed by atoms with Crippen LogP contribution in [0.3, 0.4) is 0 Å². The number of carboxylic acid groups (broad SMARTS) is 1. The molecule has 0 aliphatic rings. The van der Waals surface area contributed by atoms with Crippen molar-refractivity contribution in [3.63, 3.8) is 0 Å². The molecule has 0 aliphatic carbocycles. The van der Waals surface area contributed by atoms with Gasteiger partial charge >= 0.3 is 12.0 Å². The third kappa shape index (κ3) is 5.26. The number of hydrogen-bond acceptors (Lipinski definition) is 2. The van der Waals surface area contributed by atoms with Crippen molar-refractivity contribution in [3.05, 3.63) is 35.6 Å². The molecule has 6 heteroatoms. The summed E-state index contributed by atoms with van der Waals surface area (Å²) >= 11 is 0. The number of carboxylic acids is 1. The van der Waals surface area contributed by atoms with Crippen LogP contribution in [0.2, 0.25) is 0 Å². The van der Waals surface area contributed by atoms with Crippen LogP contribution in [0.25, 0.3) is 0 Å². The molecule has 0 bridgehead atoms. The van der Waals surface area contributed by atoms with Crippen LogP contribution in [0.5, 0.6) is 0 Å². The van der Waals surface area contributed by atoms with Gasteiger partial charge in [-0.1, -0.05) is 19.1 Å². The maximum absolute atomic E-state index is 13.0. The maximum Gasteiger partial charge on any atom is 0.315 e. The first kappa shape index (κ1) is 15.9. The number of carbonyl (C=O) groups is 2. The van der Waals surface area contributed by atoms with E-state index in [4.69, 9.17) is 5.11 Å². The van der Waals surface area contributed by atoms with Crippen molar-refractivity contribution in [2.24, 2.45) is 5.92 Å². The quantitative estimate of drug-likeness (QED) is 0.749. The van der Waals surface area contributed by atoms with Gasteiger partial charge in [0.1, 0.15) is 5.82 Å². The van der Waals surface area contributed by atoms with Crippen molar-refractivity contribution >= 4 is 12.0 Å². The topological polar surface area (TPSA) is 78.4 Å². The summed E-state index contributed by atoms with van der Waals surface area (Å²) < 4.78 is 13.0. The Hall–Kier alpha value is -2.11. The summed E-state index contributed by atoms with van der Waals surface area (Å²) in [6, 6.07) is 5.26. The Labute approximate surface area is 117 Å². The Kier molecular flexibility index (Phi) is 5.96. The molecule has 1 aromatic carbocycles. The molecule has 5 nitrogen and oxygen atoms in total. The van der Waals surface area contributed by atoms with Crippen LogP contribution in [0.15, 0.2) is 24.3 Å². The minimum absolute atomic E-state index is 0.273. The van der Waals surface area contributed by atoms with Crippen molar-refractivity contribution in [2.75, 3.05) is 6.54 Å². The van der Waals surface area contributed by atoms with Crippen LogP contribution in [-0.4, -0.2) is 23.7 Å². The lowest BCUT2D eigenvalue weighted by Gasteiger charge is -2.15. The van der Waals surface area contributed by atoms with Crippen molar-refractivity contribution in [1.29, 1.82) is 0 Å². The standard InChI is InChI=1S/C14H19FN2O3/c1-9(13(18)19)6-7-16-14(20)17-10(2)11-4-3-5-12(15)8-11/h3-5,8-10H,6-7H2,1-2H3,(H,18,19)(H2,16,17,20). The first-order chi connectivity index (χ1) is 9.40. The molecule has 1 rings (SSSR count). The van der Waals surface area contributed by atoms with E-state index in [2.05, 4.69) is 10.6 Å². The van der Waals surface area contributed by atoms with Crippen LogP contribution < -0.4 is 10.6 Å². The minimum atomic E-state index is -0.889. The van der Waals surface area contributed by atoms with Crippen molar-refractivity contribution in [2.45, 2.75) is 26.3 Å². The molecule has 0 fully saturated rings. The SMILES string of the molecule is CC(CCNC(=O)NC(C)c1cccc(F)c1)C(=O)O. The molecule has 110 valence electrons. The van der Waals surface area contributed by atoms with E-state index in [9.17, 15) is 14.0 Å². The number of rotatable bonds is 6.